The van der Waals surface area contributed by atoms with Crippen LogP contribution in [0.15, 0.2) is 18.2 Å². The topological polar surface area (TPSA) is 33.5 Å². The third-order valence-electron chi connectivity index (χ3n) is 5.44. The summed E-state index contributed by atoms with van der Waals surface area (Å²) in [7, 11) is 0. The number of amides is 1. The molecule has 1 heterocycles. The van der Waals surface area contributed by atoms with Gasteiger partial charge in [0.25, 0.3) is 5.91 Å². The smallest absolute Gasteiger partial charge is 0.279 e. The first-order valence-corrected chi connectivity index (χ1v) is 8.92. The average Bonchev–Trinajstić information content (AvgIpc) is 2.52. The minimum Gasteiger partial charge on any atom is -0.324 e. The fourth-order valence-electron chi connectivity index (χ4n) is 4.23. The van der Waals surface area contributed by atoms with Crippen molar-refractivity contribution in [3.8, 4) is 0 Å². The molecule has 1 saturated heterocycles. The van der Waals surface area contributed by atoms with Gasteiger partial charge in [0.2, 0.25) is 0 Å². The number of hydrogen-bond donors (Lipinski definition) is 2. The molecule has 1 unspecified atom stereocenters. The van der Waals surface area contributed by atoms with Gasteiger partial charge in [-0.15, -0.1) is 0 Å². The lowest BCUT2D eigenvalue weighted by atomic mass is 9.78. The van der Waals surface area contributed by atoms with Crippen molar-refractivity contribution in [1.82, 2.24) is 0 Å². The Hall–Kier alpha value is -1.06. The number of fused-ring (bicyclic) bond motifs is 1. The third kappa shape index (κ3) is 3.47. The van der Waals surface area contributed by atoms with Crippen LogP contribution >= 0.6 is 11.6 Å². The Kier molecular flexibility index (Phi) is 5.04. The second-order valence-corrected chi connectivity index (χ2v) is 7.25. The minimum atomic E-state index is 0.117. The minimum absolute atomic E-state index is 0.117. The van der Waals surface area contributed by atoms with Crippen molar-refractivity contribution in [2.24, 2.45) is 5.92 Å². The summed E-state index contributed by atoms with van der Waals surface area (Å²) < 4.78 is 0. The first-order chi connectivity index (χ1) is 10.6. The van der Waals surface area contributed by atoms with Crippen LogP contribution < -0.4 is 10.2 Å². The van der Waals surface area contributed by atoms with Crippen molar-refractivity contribution >= 4 is 23.2 Å². The van der Waals surface area contributed by atoms with Gasteiger partial charge in [0.1, 0.15) is 0 Å². The van der Waals surface area contributed by atoms with E-state index in [4.69, 9.17) is 11.6 Å². The van der Waals surface area contributed by atoms with Gasteiger partial charge in [-0.2, -0.15) is 0 Å². The number of carbonyl (C=O) groups is 1. The molecule has 2 fully saturated rings. The summed E-state index contributed by atoms with van der Waals surface area (Å²) in [6.07, 6.45) is 8.00. The van der Waals surface area contributed by atoms with Crippen LogP contribution in [0.5, 0.6) is 0 Å². The molecule has 0 bridgehead atoms. The summed E-state index contributed by atoms with van der Waals surface area (Å²) in [4.78, 5) is 13.9. The molecule has 3 nitrogen and oxygen atoms in total. The second kappa shape index (κ2) is 7.01. The predicted octanol–water partition coefficient (Wildman–Crippen LogP) is 2.82. The Morgan fingerprint density at radius 3 is 2.91 bits per heavy atom. The highest BCUT2D eigenvalue weighted by atomic mass is 35.5. The van der Waals surface area contributed by atoms with E-state index in [1.54, 1.807) is 0 Å². The number of benzene rings is 1. The van der Waals surface area contributed by atoms with E-state index in [2.05, 4.69) is 5.32 Å². The van der Waals surface area contributed by atoms with Crippen LogP contribution in [0.3, 0.4) is 0 Å². The van der Waals surface area contributed by atoms with Gasteiger partial charge in [-0.1, -0.05) is 24.1 Å². The van der Waals surface area contributed by atoms with Gasteiger partial charge in [-0.05, 0) is 56.7 Å². The molecule has 2 aliphatic rings. The quantitative estimate of drug-likeness (QED) is 0.882. The van der Waals surface area contributed by atoms with Gasteiger partial charge in [-0.3, -0.25) is 4.79 Å². The van der Waals surface area contributed by atoms with E-state index in [0.29, 0.717) is 17.6 Å². The van der Waals surface area contributed by atoms with Gasteiger partial charge in [0.15, 0.2) is 6.54 Å². The zero-order chi connectivity index (χ0) is 15.5. The van der Waals surface area contributed by atoms with E-state index >= 15 is 0 Å². The molecule has 1 saturated carbocycles. The highest BCUT2D eigenvalue weighted by Gasteiger charge is 2.37. The molecular formula is C18H26ClN2O+. The number of hydrogen-bond acceptors (Lipinski definition) is 1. The van der Waals surface area contributed by atoms with Gasteiger partial charge in [-0.25, -0.2) is 0 Å². The fourth-order valence-corrected chi connectivity index (χ4v) is 4.40. The molecular weight excluding hydrogens is 296 g/mol. The van der Waals surface area contributed by atoms with E-state index in [0.717, 1.165) is 23.7 Å². The average molecular weight is 322 g/mol. The summed E-state index contributed by atoms with van der Waals surface area (Å²) in [5.74, 6) is 0.963. The fraction of sp³-hybridized carbons (Fsp3) is 0.611. The lowest BCUT2D eigenvalue weighted by molar-refractivity contribution is -0.928. The Bertz CT molecular complexity index is 544. The number of rotatable bonds is 3. The monoisotopic (exact) mass is 321 g/mol. The van der Waals surface area contributed by atoms with Crippen LogP contribution in [0.4, 0.5) is 5.69 Å². The van der Waals surface area contributed by atoms with E-state index in [1.807, 2.05) is 25.1 Å². The van der Waals surface area contributed by atoms with Gasteiger partial charge < -0.3 is 10.2 Å². The van der Waals surface area contributed by atoms with Crippen molar-refractivity contribution in [2.45, 2.75) is 51.5 Å². The van der Waals surface area contributed by atoms with E-state index < -0.39 is 0 Å². The highest BCUT2D eigenvalue weighted by molar-refractivity contribution is 6.31. The van der Waals surface area contributed by atoms with Crippen molar-refractivity contribution in [3.63, 3.8) is 0 Å². The molecule has 120 valence electrons. The second-order valence-electron chi connectivity index (χ2n) is 6.84. The maximum absolute atomic E-state index is 12.4. The van der Waals surface area contributed by atoms with Crippen LogP contribution in [-0.2, 0) is 4.79 Å². The maximum Gasteiger partial charge on any atom is 0.279 e. The Morgan fingerprint density at radius 2 is 2.05 bits per heavy atom. The molecule has 1 aliphatic carbocycles. The molecule has 4 heteroatoms. The van der Waals surface area contributed by atoms with Gasteiger partial charge in [0, 0.05) is 16.6 Å². The first kappa shape index (κ1) is 15.8. The molecule has 1 amide bonds. The van der Waals surface area contributed by atoms with Crippen LogP contribution in [0, 0.1) is 12.8 Å². The zero-order valence-corrected chi connectivity index (χ0v) is 14.1. The van der Waals surface area contributed by atoms with Gasteiger partial charge >= 0.3 is 0 Å². The van der Waals surface area contributed by atoms with Crippen LogP contribution in [0.1, 0.15) is 44.1 Å². The number of carbonyl (C=O) groups excluding carboxylic acids is 1. The third-order valence-corrected chi connectivity index (χ3v) is 5.85. The van der Waals surface area contributed by atoms with Crippen LogP contribution in [0.2, 0.25) is 5.02 Å². The number of quaternary nitrogens is 1. The molecule has 3 atom stereocenters. The molecule has 1 aromatic rings. The molecule has 2 N–H and O–H groups in total. The largest absolute Gasteiger partial charge is 0.324 e. The van der Waals surface area contributed by atoms with E-state index in [9.17, 15) is 4.79 Å². The summed E-state index contributed by atoms with van der Waals surface area (Å²) in [6.45, 7) is 3.68. The highest BCUT2D eigenvalue weighted by Crippen LogP contribution is 2.28. The van der Waals surface area contributed by atoms with E-state index in [1.165, 1.54) is 43.4 Å². The Labute approximate surface area is 138 Å². The Morgan fingerprint density at radius 1 is 1.27 bits per heavy atom. The van der Waals surface area contributed by atoms with Crippen molar-refractivity contribution in [2.75, 3.05) is 18.4 Å². The molecule has 0 radical (unpaired) electrons. The Balaban J connectivity index is 1.62. The lowest BCUT2D eigenvalue weighted by Crippen LogP contribution is -3.18. The summed E-state index contributed by atoms with van der Waals surface area (Å²) >= 11 is 6.12. The van der Waals surface area contributed by atoms with Crippen molar-refractivity contribution in [1.29, 1.82) is 0 Å². The molecule has 0 spiro atoms. The number of likely N-dealkylation sites (tertiary alicyclic amines) is 1. The molecule has 3 rings (SSSR count). The van der Waals surface area contributed by atoms with Crippen molar-refractivity contribution in [3.05, 3.63) is 28.8 Å². The van der Waals surface area contributed by atoms with Crippen LogP contribution in [-0.4, -0.2) is 25.0 Å². The number of nitrogens with one attached hydrogen (secondary N) is 2. The maximum atomic E-state index is 12.4. The molecule has 1 aromatic carbocycles. The van der Waals surface area contributed by atoms with E-state index in [-0.39, 0.29) is 5.91 Å². The number of halogens is 1. The number of anilines is 1. The SMILES string of the molecule is Cc1c(Cl)cccc1NC(=O)C[NH+]1CCC[C@@H]2CCCC[C@@H]21. The van der Waals surface area contributed by atoms with Crippen LogP contribution in [0.25, 0.3) is 0 Å². The first-order valence-electron chi connectivity index (χ1n) is 8.54. The van der Waals surface area contributed by atoms with Crippen molar-refractivity contribution < 1.29 is 9.69 Å². The molecule has 22 heavy (non-hydrogen) atoms. The summed E-state index contributed by atoms with van der Waals surface area (Å²) in [5.41, 5.74) is 1.79. The lowest BCUT2D eigenvalue weighted by Gasteiger charge is -2.40. The summed E-state index contributed by atoms with van der Waals surface area (Å²) in [5, 5.41) is 3.75. The summed E-state index contributed by atoms with van der Waals surface area (Å²) in [6, 6.07) is 6.37. The predicted molar refractivity (Wildman–Crippen MR) is 90.5 cm³/mol. The zero-order valence-electron chi connectivity index (χ0n) is 13.3. The van der Waals surface area contributed by atoms with Gasteiger partial charge in [0.05, 0.1) is 12.6 Å². The molecule has 0 aromatic heterocycles. The standard InChI is InChI=1S/C18H25ClN2O/c1-13-15(19)8-4-9-16(13)20-18(22)12-21-11-5-7-14-6-2-3-10-17(14)21/h4,8-9,14,17H,2-3,5-7,10-12H2,1H3,(H,20,22)/p+1/t14-,17-/m0/s1. The number of piperidine rings is 1. The normalized spacial score (nSPS) is 28.0. The molecule has 1 aliphatic heterocycles.